The van der Waals surface area contributed by atoms with Gasteiger partial charge in [0.1, 0.15) is 17.8 Å². The molecule has 0 fully saturated rings. The van der Waals surface area contributed by atoms with Crippen molar-refractivity contribution in [2.45, 2.75) is 6.42 Å². The van der Waals surface area contributed by atoms with Gasteiger partial charge in [-0.2, -0.15) is 0 Å². The second kappa shape index (κ2) is 5.22. The largest absolute Gasteiger partial charge is 0.481 e. The van der Waals surface area contributed by atoms with Crippen LogP contribution < -0.4 is 10.5 Å². The fourth-order valence-electron chi connectivity index (χ4n) is 1.47. The van der Waals surface area contributed by atoms with E-state index in [1.807, 2.05) is 0 Å². The number of nitrogen functional groups attached to an aromatic ring is 1. The van der Waals surface area contributed by atoms with Crippen molar-refractivity contribution in [2.75, 3.05) is 12.8 Å². The first kappa shape index (κ1) is 12.0. The molecular formula is C12H12N4O2. The molecule has 2 rings (SSSR count). The number of hydrogen-bond acceptors (Lipinski definition) is 6. The van der Waals surface area contributed by atoms with Gasteiger partial charge in [-0.05, 0) is 6.07 Å². The van der Waals surface area contributed by atoms with E-state index in [0.29, 0.717) is 23.0 Å². The minimum atomic E-state index is -0.157. The second-order valence-electron chi connectivity index (χ2n) is 3.59. The molecule has 2 heterocycles. The fourth-order valence-corrected chi connectivity index (χ4v) is 1.47. The van der Waals surface area contributed by atoms with Crippen LogP contribution in [0.3, 0.4) is 0 Å². The van der Waals surface area contributed by atoms with Crippen LogP contribution in [0.2, 0.25) is 0 Å². The number of ether oxygens (including phenoxy) is 1. The van der Waals surface area contributed by atoms with Crippen LogP contribution in [0.4, 0.5) is 5.82 Å². The van der Waals surface area contributed by atoms with E-state index in [-0.39, 0.29) is 12.2 Å². The molecule has 2 aromatic heterocycles. The van der Waals surface area contributed by atoms with Gasteiger partial charge >= 0.3 is 0 Å². The van der Waals surface area contributed by atoms with Gasteiger partial charge < -0.3 is 10.5 Å². The predicted octanol–water partition coefficient (Wildman–Crippen LogP) is 0.888. The summed E-state index contributed by atoms with van der Waals surface area (Å²) in [5, 5.41) is 0. The number of nitrogens with two attached hydrogens (primary N) is 1. The van der Waals surface area contributed by atoms with Crippen LogP contribution >= 0.6 is 0 Å². The number of aromatic nitrogens is 3. The summed E-state index contributed by atoms with van der Waals surface area (Å²) in [7, 11) is 1.48. The van der Waals surface area contributed by atoms with E-state index in [0.717, 1.165) is 0 Å². The monoisotopic (exact) mass is 244 g/mol. The topological polar surface area (TPSA) is 91.0 Å². The number of anilines is 1. The molecule has 2 N–H and O–H groups in total. The molecule has 6 heteroatoms. The third-order valence-electron chi connectivity index (χ3n) is 2.41. The average Bonchev–Trinajstić information content (AvgIpc) is 2.41. The van der Waals surface area contributed by atoms with Crippen molar-refractivity contribution in [1.29, 1.82) is 0 Å². The summed E-state index contributed by atoms with van der Waals surface area (Å²) < 4.78 is 4.94. The number of methoxy groups -OCH3 is 1. The first-order valence-corrected chi connectivity index (χ1v) is 5.29. The highest BCUT2D eigenvalue weighted by Gasteiger charge is 2.12. The van der Waals surface area contributed by atoms with E-state index < -0.39 is 0 Å². The molecule has 0 aliphatic carbocycles. The third-order valence-corrected chi connectivity index (χ3v) is 2.41. The molecule has 0 aliphatic rings. The summed E-state index contributed by atoms with van der Waals surface area (Å²) in [6.45, 7) is 0. The Morgan fingerprint density at radius 3 is 2.94 bits per heavy atom. The highest BCUT2D eigenvalue weighted by molar-refractivity contribution is 5.96. The normalized spacial score (nSPS) is 10.1. The van der Waals surface area contributed by atoms with E-state index in [9.17, 15) is 4.79 Å². The number of pyridine rings is 1. The zero-order chi connectivity index (χ0) is 13.0. The van der Waals surface area contributed by atoms with Crippen LogP contribution in [0.15, 0.2) is 30.7 Å². The predicted molar refractivity (Wildman–Crippen MR) is 65.3 cm³/mol. The van der Waals surface area contributed by atoms with Gasteiger partial charge in [-0.3, -0.25) is 4.79 Å². The quantitative estimate of drug-likeness (QED) is 0.803. The number of carbonyl (C=O) groups is 1. The van der Waals surface area contributed by atoms with E-state index in [1.54, 1.807) is 18.3 Å². The summed E-state index contributed by atoms with van der Waals surface area (Å²) in [6, 6.07) is 4.99. The molecule has 18 heavy (non-hydrogen) atoms. The van der Waals surface area contributed by atoms with Gasteiger partial charge in [0.05, 0.1) is 7.11 Å². The van der Waals surface area contributed by atoms with Crippen LogP contribution in [-0.4, -0.2) is 27.8 Å². The van der Waals surface area contributed by atoms with Crippen LogP contribution in [0.1, 0.15) is 16.1 Å². The lowest BCUT2D eigenvalue weighted by atomic mass is 10.1. The summed E-state index contributed by atoms with van der Waals surface area (Å²) in [5.41, 5.74) is 6.66. The van der Waals surface area contributed by atoms with E-state index >= 15 is 0 Å². The molecule has 92 valence electrons. The molecule has 0 aromatic carbocycles. The third kappa shape index (κ3) is 2.60. The van der Waals surface area contributed by atoms with Gasteiger partial charge in [-0.1, -0.05) is 6.07 Å². The zero-order valence-corrected chi connectivity index (χ0v) is 9.83. The van der Waals surface area contributed by atoms with E-state index in [4.69, 9.17) is 10.5 Å². The van der Waals surface area contributed by atoms with Crippen LogP contribution in [0.5, 0.6) is 5.88 Å². The van der Waals surface area contributed by atoms with E-state index in [2.05, 4.69) is 15.0 Å². The first-order chi connectivity index (χ1) is 8.70. The number of rotatable bonds is 4. The Kier molecular flexibility index (Phi) is 3.47. The second-order valence-corrected chi connectivity index (χ2v) is 3.59. The van der Waals surface area contributed by atoms with Crippen molar-refractivity contribution >= 4 is 11.6 Å². The average molecular weight is 244 g/mol. The number of nitrogens with zero attached hydrogens (tertiary/aromatic N) is 3. The van der Waals surface area contributed by atoms with E-state index in [1.165, 1.54) is 19.5 Å². The van der Waals surface area contributed by atoms with Crippen LogP contribution in [0.25, 0.3) is 0 Å². The van der Waals surface area contributed by atoms with Crippen molar-refractivity contribution in [2.24, 2.45) is 0 Å². The number of carbonyl (C=O) groups excluding carboxylic acids is 1. The molecule has 0 amide bonds. The number of Topliss-reactive ketones (excluding diaryl/α,β-unsaturated/α-hetero) is 1. The Morgan fingerprint density at radius 1 is 1.39 bits per heavy atom. The molecule has 0 bridgehead atoms. The molecular weight excluding hydrogens is 232 g/mol. The Bertz CT molecular complexity index is 572. The van der Waals surface area contributed by atoms with Crippen molar-refractivity contribution in [3.8, 4) is 5.88 Å². The minimum Gasteiger partial charge on any atom is -0.481 e. The van der Waals surface area contributed by atoms with Gasteiger partial charge in [0.15, 0.2) is 5.78 Å². The zero-order valence-electron chi connectivity index (χ0n) is 9.83. The molecule has 0 aliphatic heterocycles. The van der Waals surface area contributed by atoms with Gasteiger partial charge in [0.25, 0.3) is 0 Å². The smallest absolute Gasteiger partial charge is 0.216 e. The maximum atomic E-state index is 12.0. The first-order valence-electron chi connectivity index (χ1n) is 5.29. The number of hydrogen-bond donors (Lipinski definition) is 1. The van der Waals surface area contributed by atoms with Crippen molar-refractivity contribution in [1.82, 2.24) is 15.0 Å². The van der Waals surface area contributed by atoms with Gasteiger partial charge in [0.2, 0.25) is 5.88 Å². The van der Waals surface area contributed by atoms with Crippen molar-refractivity contribution < 1.29 is 9.53 Å². The number of ketones is 1. The van der Waals surface area contributed by atoms with Crippen molar-refractivity contribution in [3.63, 3.8) is 0 Å². The molecule has 6 nitrogen and oxygen atoms in total. The lowest BCUT2D eigenvalue weighted by Crippen LogP contribution is -2.09. The highest BCUT2D eigenvalue weighted by atomic mass is 16.5. The Balaban J connectivity index is 2.19. The molecule has 0 radical (unpaired) electrons. The highest BCUT2D eigenvalue weighted by Crippen LogP contribution is 2.12. The lowest BCUT2D eigenvalue weighted by Gasteiger charge is -2.04. The molecule has 0 saturated carbocycles. The summed E-state index contributed by atoms with van der Waals surface area (Å²) in [4.78, 5) is 23.7. The Labute approximate surface area is 104 Å². The summed E-state index contributed by atoms with van der Waals surface area (Å²) in [6.07, 6.45) is 3.02. The summed E-state index contributed by atoms with van der Waals surface area (Å²) in [5.74, 6) is 0.551. The van der Waals surface area contributed by atoms with Crippen molar-refractivity contribution in [3.05, 3.63) is 42.0 Å². The summed E-state index contributed by atoms with van der Waals surface area (Å²) >= 11 is 0. The molecule has 0 spiro atoms. The molecule has 0 atom stereocenters. The van der Waals surface area contributed by atoms with Gasteiger partial charge in [-0.15, -0.1) is 0 Å². The minimum absolute atomic E-state index is 0.153. The standard InChI is InChI=1S/C12H12N4O2/c1-18-11-6-9(15-7-16-11)10(17)5-8-3-2-4-14-12(8)13/h2-4,6-7H,5H2,1H3,(H2,13,14). The Morgan fingerprint density at radius 2 is 2.22 bits per heavy atom. The SMILES string of the molecule is COc1cc(C(=O)Cc2cccnc2N)ncn1. The molecule has 2 aromatic rings. The Hall–Kier alpha value is -2.50. The van der Waals surface area contributed by atoms with Gasteiger partial charge in [-0.25, -0.2) is 15.0 Å². The fraction of sp³-hybridized carbons (Fsp3) is 0.167. The van der Waals surface area contributed by atoms with Crippen LogP contribution in [0, 0.1) is 0 Å². The molecule has 0 unspecified atom stereocenters. The maximum absolute atomic E-state index is 12.0. The van der Waals surface area contributed by atoms with Crippen LogP contribution in [-0.2, 0) is 6.42 Å². The lowest BCUT2D eigenvalue weighted by molar-refractivity contribution is 0.0987. The molecule has 0 saturated heterocycles. The van der Waals surface area contributed by atoms with Gasteiger partial charge in [0, 0.05) is 24.2 Å². The maximum Gasteiger partial charge on any atom is 0.216 e.